The van der Waals surface area contributed by atoms with Crippen LogP contribution >= 0.6 is 48.0 Å². The first kappa shape index (κ1) is 28.0. The number of hydrogen-bond donors (Lipinski definition) is 3. The number of nitrogens with two attached hydrogens (primary N) is 2. The lowest BCUT2D eigenvalue weighted by atomic mass is 9.99. The van der Waals surface area contributed by atoms with Gasteiger partial charge in [-0.05, 0) is 61.6 Å². The molecule has 5 N–H and O–H groups in total. The second-order valence-electron chi connectivity index (χ2n) is 6.36. The zero-order chi connectivity index (χ0) is 20.8. The van der Waals surface area contributed by atoms with Crippen molar-refractivity contribution in [2.45, 2.75) is 0 Å². The molecule has 11 heteroatoms. The van der Waals surface area contributed by atoms with Crippen LogP contribution in [0.5, 0.6) is 0 Å². The maximum atomic E-state index is 12.6. The number of benzene rings is 2. The number of halogens is 4. The van der Waals surface area contributed by atoms with E-state index in [-0.39, 0.29) is 42.2 Å². The van der Waals surface area contributed by atoms with E-state index < -0.39 is 5.91 Å². The van der Waals surface area contributed by atoms with E-state index in [9.17, 15) is 9.59 Å². The SMILES string of the molecule is CN(C)CCNC(=O)c1cc(C(=O)N=C(N)N)cc(-c2cc(Cl)cc(Cl)c2)c1.Cl.Cl. The zero-order valence-electron chi connectivity index (χ0n) is 16.3. The molecule has 0 bridgehead atoms. The Kier molecular flexibility index (Phi) is 11.8. The molecule has 0 saturated heterocycles. The van der Waals surface area contributed by atoms with Crippen LogP contribution in [0, 0.1) is 0 Å². The Morgan fingerprint density at radius 1 is 0.933 bits per heavy atom. The number of hydrogen-bond acceptors (Lipinski definition) is 3. The largest absolute Gasteiger partial charge is 0.370 e. The molecule has 0 aliphatic carbocycles. The number of aliphatic imine (C=N–C) groups is 1. The molecule has 2 rings (SSSR count). The first-order chi connectivity index (χ1) is 13.2. The number of amides is 2. The summed E-state index contributed by atoms with van der Waals surface area (Å²) in [5.41, 5.74) is 12.3. The van der Waals surface area contributed by atoms with Gasteiger partial charge in [-0.25, -0.2) is 0 Å². The van der Waals surface area contributed by atoms with Crippen LogP contribution in [0.25, 0.3) is 11.1 Å². The predicted molar refractivity (Wildman–Crippen MR) is 127 cm³/mol. The van der Waals surface area contributed by atoms with Gasteiger partial charge in [0.25, 0.3) is 11.8 Å². The summed E-state index contributed by atoms with van der Waals surface area (Å²) < 4.78 is 0. The number of carbonyl (C=O) groups is 2. The molecule has 2 aromatic carbocycles. The molecule has 0 spiro atoms. The molecule has 0 heterocycles. The molecule has 0 saturated carbocycles. The number of nitrogens with zero attached hydrogens (tertiary/aromatic N) is 2. The zero-order valence-corrected chi connectivity index (χ0v) is 19.5. The molecule has 0 fully saturated rings. The molecule has 0 radical (unpaired) electrons. The minimum absolute atomic E-state index is 0. The predicted octanol–water partition coefficient (Wildman–Crippen LogP) is 3.21. The van der Waals surface area contributed by atoms with Crippen LogP contribution in [0.3, 0.4) is 0 Å². The first-order valence-corrected chi connectivity index (χ1v) is 9.10. The van der Waals surface area contributed by atoms with E-state index in [0.717, 1.165) is 0 Å². The Morgan fingerprint density at radius 2 is 1.47 bits per heavy atom. The average Bonchev–Trinajstić information content (AvgIpc) is 2.59. The third-order valence-corrected chi connectivity index (χ3v) is 4.15. The van der Waals surface area contributed by atoms with E-state index in [0.29, 0.717) is 39.8 Å². The number of guanidine groups is 1. The van der Waals surface area contributed by atoms with Gasteiger partial charge in [-0.3, -0.25) is 9.59 Å². The van der Waals surface area contributed by atoms with Crippen LogP contribution in [-0.4, -0.2) is 49.9 Å². The van der Waals surface area contributed by atoms with E-state index in [2.05, 4.69) is 10.3 Å². The van der Waals surface area contributed by atoms with E-state index in [1.165, 1.54) is 6.07 Å². The molecule has 0 unspecified atom stereocenters. The van der Waals surface area contributed by atoms with E-state index in [4.69, 9.17) is 34.7 Å². The fraction of sp³-hybridized carbons (Fsp3) is 0.211. The Balaban J connectivity index is 0.00000420. The topological polar surface area (TPSA) is 114 Å². The Hall–Kier alpha value is -2.03. The minimum Gasteiger partial charge on any atom is -0.370 e. The average molecular weight is 495 g/mol. The second kappa shape index (κ2) is 12.6. The van der Waals surface area contributed by atoms with Crippen LogP contribution < -0.4 is 16.8 Å². The monoisotopic (exact) mass is 493 g/mol. The van der Waals surface area contributed by atoms with Crippen molar-refractivity contribution in [1.82, 2.24) is 10.2 Å². The number of nitrogens with one attached hydrogen (secondary N) is 1. The smallest absolute Gasteiger partial charge is 0.280 e. The van der Waals surface area contributed by atoms with Crippen LogP contribution in [0.15, 0.2) is 41.4 Å². The lowest BCUT2D eigenvalue weighted by Gasteiger charge is -2.12. The summed E-state index contributed by atoms with van der Waals surface area (Å²) in [6.07, 6.45) is 0. The van der Waals surface area contributed by atoms with Crippen LogP contribution in [-0.2, 0) is 0 Å². The van der Waals surface area contributed by atoms with Crippen molar-refractivity contribution in [1.29, 1.82) is 0 Å². The Morgan fingerprint density at radius 3 is 2.00 bits per heavy atom. The molecule has 0 aliphatic heterocycles. The van der Waals surface area contributed by atoms with Gasteiger partial charge in [-0.2, -0.15) is 4.99 Å². The summed E-state index contributed by atoms with van der Waals surface area (Å²) in [5, 5.41) is 3.67. The van der Waals surface area contributed by atoms with E-state index in [1.54, 1.807) is 30.3 Å². The third-order valence-electron chi connectivity index (χ3n) is 3.71. The van der Waals surface area contributed by atoms with Crippen molar-refractivity contribution in [2.24, 2.45) is 16.5 Å². The maximum absolute atomic E-state index is 12.6. The van der Waals surface area contributed by atoms with Crippen molar-refractivity contribution < 1.29 is 9.59 Å². The van der Waals surface area contributed by atoms with Gasteiger partial charge in [0.05, 0.1) is 0 Å². The molecule has 0 atom stereocenters. The number of carbonyl (C=O) groups excluding carboxylic acids is 2. The van der Waals surface area contributed by atoms with Gasteiger partial charge in [0.1, 0.15) is 0 Å². The molecule has 2 amide bonds. The minimum atomic E-state index is -0.655. The fourth-order valence-corrected chi connectivity index (χ4v) is 2.97. The first-order valence-electron chi connectivity index (χ1n) is 8.34. The van der Waals surface area contributed by atoms with E-state index in [1.807, 2.05) is 19.0 Å². The normalized spacial score (nSPS) is 9.90. The van der Waals surface area contributed by atoms with Gasteiger partial charge in [0, 0.05) is 34.3 Å². The molecule has 0 aromatic heterocycles. The fourth-order valence-electron chi connectivity index (χ4n) is 2.45. The van der Waals surface area contributed by atoms with Crippen LogP contribution in [0.2, 0.25) is 10.0 Å². The van der Waals surface area contributed by atoms with Crippen molar-refractivity contribution in [3.63, 3.8) is 0 Å². The van der Waals surface area contributed by atoms with Gasteiger partial charge in [-0.15, -0.1) is 24.8 Å². The molecule has 7 nitrogen and oxygen atoms in total. The highest BCUT2D eigenvalue weighted by Gasteiger charge is 2.14. The number of rotatable bonds is 6. The lowest BCUT2D eigenvalue weighted by Crippen LogP contribution is -2.31. The van der Waals surface area contributed by atoms with Gasteiger partial charge in [-0.1, -0.05) is 23.2 Å². The molecule has 30 heavy (non-hydrogen) atoms. The lowest BCUT2D eigenvalue weighted by molar-refractivity contribution is 0.0951. The molecule has 164 valence electrons. The highest BCUT2D eigenvalue weighted by atomic mass is 35.5. The van der Waals surface area contributed by atoms with Gasteiger partial charge < -0.3 is 21.7 Å². The third kappa shape index (κ3) is 8.38. The van der Waals surface area contributed by atoms with Crippen molar-refractivity contribution in [3.05, 3.63) is 57.6 Å². The molecule has 2 aromatic rings. The van der Waals surface area contributed by atoms with Crippen molar-refractivity contribution >= 4 is 65.8 Å². The second-order valence-corrected chi connectivity index (χ2v) is 7.23. The van der Waals surface area contributed by atoms with Crippen LogP contribution in [0.4, 0.5) is 0 Å². The van der Waals surface area contributed by atoms with Gasteiger partial charge in [0.2, 0.25) is 0 Å². The highest BCUT2D eigenvalue weighted by molar-refractivity contribution is 6.35. The molecule has 0 aliphatic rings. The van der Waals surface area contributed by atoms with Crippen molar-refractivity contribution in [2.75, 3.05) is 27.2 Å². The Bertz CT molecular complexity index is 911. The van der Waals surface area contributed by atoms with Crippen molar-refractivity contribution in [3.8, 4) is 11.1 Å². The summed E-state index contributed by atoms with van der Waals surface area (Å²) in [6, 6.07) is 9.63. The summed E-state index contributed by atoms with van der Waals surface area (Å²) >= 11 is 12.2. The number of likely N-dealkylation sites (N-methyl/N-ethyl adjacent to an activating group) is 1. The summed E-state index contributed by atoms with van der Waals surface area (Å²) in [7, 11) is 3.81. The maximum Gasteiger partial charge on any atom is 0.280 e. The summed E-state index contributed by atoms with van der Waals surface area (Å²) in [5.74, 6) is -1.34. The van der Waals surface area contributed by atoms with Gasteiger partial charge in [0.15, 0.2) is 5.96 Å². The Labute approximate surface area is 197 Å². The van der Waals surface area contributed by atoms with Crippen LogP contribution in [0.1, 0.15) is 20.7 Å². The van der Waals surface area contributed by atoms with Gasteiger partial charge >= 0.3 is 0 Å². The quantitative estimate of drug-likeness (QED) is 0.421. The highest BCUT2D eigenvalue weighted by Crippen LogP contribution is 2.29. The molecular weight excluding hydrogens is 472 g/mol. The molecular formula is C19H23Cl4N5O2. The standard InChI is InChI=1S/C19H21Cl2N5O2.2ClH/c1-26(2)4-3-24-17(27)13-5-11(12-8-15(20)10-16(21)9-12)6-14(7-13)18(28)25-19(22)23;;/h5-10H,3-4H2,1-2H3,(H,24,27)(H4,22,23,25,28);2*1H. The van der Waals surface area contributed by atoms with E-state index >= 15 is 0 Å². The summed E-state index contributed by atoms with van der Waals surface area (Å²) in [4.78, 5) is 30.4. The summed E-state index contributed by atoms with van der Waals surface area (Å²) in [6.45, 7) is 1.13.